The second-order valence-electron chi connectivity index (χ2n) is 8.71. The van der Waals surface area contributed by atoms with Gasteiger partial charge in [-0.3, -0.25) is 0 Å². The Balaban J connectivity index is 0.00000101. The van der Waals surface area contributed by atoms with E-state index in [4.69, 9.17) is 14.2 Å². The summed E-state index contributed by atoms with van der Waals surface area (Å²) < 4.78 is 44.5. The number of rotatable bonds is 6. The summed E-state index contributed by atoms with van der Waals surface area (Å²) >= 11 is 0. The maximum Gasteiger partial charge on any atom is 0.199 e. The van der Waals surface area contributed by atoms with Crippen molar-refractivity contribution in [1.29, 1.82) is 0 Å². The van der Waals surface area contributed by atoms with Crippen molar-refractivity contribution >= 4 is 0 Å². The third kappa shape index (κ3) is 7.11. The highest BCUT2D eigenvalue weighted by Gasteiger charge is 2.32. The maximum absolute atomic E-state index is 14.0. The molecule has 3 rings (SSSR count). The van der Waals surface area contributed by atoms with Gasteiger partial charge in [0, 0.05) is 18.8 Å². The molecule has 0 amide bonds. The van der Waals surface area contributed by atoms with E-state index in [2.05, 4.69) is 32.9 Å². The van der Waals surface area contributed by atoms with Crippen LogP contribution in [-0.4, -0.2) is 26.4 Å². The third-order valence-corrected chi connectivity index (χ3v) is 6.23. The Morgan fingerprint density at radius 3 is 2.17 bits per heavy atom. The van der Waals surface area contributed by atoms with Crippen LogP contribution >= 0.6 is 0 Å². The van der Waals surface area contributed by atoms with Crippen LogP contribution in [0.3, 0.4) is 0 Å². The molecule has 1 aliphatic heterocycles. The highest BCUT2D eigenvalue weighted by Crippen LogP contribution is 2.38. The SMILES string of the molecule is C/C=C/C1CCC(C2CCC(COC3=C(F)C(F)=C(OC)CC3)CC2)OC1.CCC. The molecule has 1 saturated carbocycles. The second kappa shape index (κ2) is 13.1. The summed E-state index contributed by atoms with van der Waals surface area (Å²) in [6.45, 7) is 7.62. The van der Waals surface area contributed by atoms with Gasteiger partial charge in [0.05, 0.1) is 26.4 Å². The monoisotopic (exact) mass is 426 g/mol. The van der Waals surface area contributed by atoms with E-state index in [0.29, 0.717) is 43.3 Å². The molecule has 3 nitrogen and oxygen atoms in total. The molecule has 5 heteroatoms. The summed E-state index contributed by atoms with van der Waals surface area (Å²) in [6.07, 6.45) is 13.5. The van der Waals surface area contributed by atoms with Crippen LogP contribution in [0, 0.1) is 17.8 Å². The Bertz CT molecular complexity index is 596. The van der Waals surface area contributed by atoms with Crippen molar-refractivity contribution in [2.45, 2.75) is 84.7 Å². The standard InChI is InChI=1S/C22H32F2O3.C3H8/c1-3-4-15-7-10-18(26-13-15)17-8-5-16(6-9-17)14-27-20-12-11-19(25-2)21(23)22(20)24;1-3-2/h3-4,15-18H,5-14H2,1-2H3;3H2,1-2H3/b4-3+;. The van der Waals surface area contributed by atoms with Gasteiger partial charge in [0.25, 0.3) is 0 Å². The fourth-order valence-corrected chi connectivity index (χ4v) is 4.55. The van der Waals surface area contributed by atoms with Gasteiger partial charge in [0.15, 0.2) is 11.7 Å². The molecule has 0 radical (unpaired) electrons. The summed E-state index contributed by atoms with van der Waals surface area (Å²) in [5.41, 5.74) is 0. The lowest BCUT2D eigenvalue weighted by Crippen LogP contribution is -2.34. The third-order valence-electron chi connectivity index (χ3n) is 6.23. The summed E-state index contributed by atoms with van der Waals surface area (Å²) in [7, 11) is 1.36. The van der Waals surface area contributed by atoms with Crippen LogP contribution < -0.4 is 0 Å². The Morgan fingerprint density at radius 2 is 1.60 bits per heavy atom. The predicted octanol–water partition coefficient (Wildman–Crippen LogP) is 7.40. The largest absolute Gasteiger partial charge is 0.498 e. The summed E-state index contributed by atoms with van der Waals surface area (Å²) in [6, 6.07) is 0. The molecule has 2 unspecified atom stereocenters. The zero-order valence-electron chi connectivity index (χ0n) is 19.2. The summed E-state index contributed by atoms with van der Waals surface area (Å²) in [5.74, 6) is 0.0272. The van der Waals surface area contributed by atoms with E-state index in [1.165, 1.54) is 20.0 Å². The van der Waals surface area contributed by atoms with Crippen molar-refractivity contribution < 1.29 is 23.0 Å². The molecular weight excluding hydrogens is 386 g/mol. The first-order valence-corrected chi connectivity index (χ1v) is 11.7. The van der Waals surface area contributed by atoms with E-state index in [1.807, 2.05) is 0 Å². The van der Waals surface area contributed by atoms with Crippen LogP contribution in [0.4, 0.5) is 8.78 Å². The zero-order valence-corrected chi connectivity index (χ0v) is 19.2. The number of halogens is 2. The zero-order chi connectivity index (χ0) is 21.9. The van der Waals surface area contributed by atoms with E-state index >= 15 is 0 Å². The van der Waals surface area contributed by atoms with Gasteiger partial charge in [-0.05, 0) is 57.3 Å². The average Bonchev–Trinajstić information content (AvgIpc) is 2.77. The van der Waals surface area contributed by atoms with Crippen molar-refractivity contribution in [3.63, 3.8) is 0 Å². The van der Waals surface area contributed by atoms with Gasteiger partial charge >= 0.3 is 0 Å². The molecule has 0 N–H and O–H groups in total. The fraction of sp³-hybridized carbons (Fsp3) is 0.760. The lowest BCUT2D eigenvalue weighted by molar-refractivity contribution is -0.0514. The predicted molar refractivity (Wildman–Crippen MR) is 117 cm³/mol. The molecule has 3 aliphatic rings. The lowest BCUT2D eigenvalue weighted by atomic mass is 9.77. The van der Waals surface area contributed by atoms with Crippen LogP contribution in [0.25, 0.3) is 0 Å². The van der Waals surface area contributed by atoms with Crippen LogP contribution in [-0.2, 0) is 14.2 Å². The van der Waals surface area contributed by atoms with Gasteiger partial charge < -0.3 is 14.2 Å². The molecule has 172 valence electrons. The van der Waals surface area contributed by atoms with Crippen molar-refractivity contribution in [3.05, 3.63) is 35.3 Å². The van der Waals surface area contributed by atoms with Gasteiger partial charge in [0.2, 0.25) is 0 Å². The van der Waals surface area contributed by atoms with Gasteiger partial charge in [-0.1, -0.05) is 32.4 Å². The molecular formula is C25H40F2O3. The minimum absolute atomic E-state index is 0.0736. The molecule has 1 heterocycles. The van der Waals surface area contributed by atoms with Crippen LogP contribution in [0.1, 0.15) is 78.6 Å². The first-order valence-electron chi connectivity index (χ1n) is 11.7. The molecule has 0 aromatic heterocycles. The fourth-order valence-electron chi connectivity index (χ4n) is 4.55. The van der Waals surface area contributed by atoms with E-state index in [-0.39, 0.29) is 11.5 Å². The van der Waals surface area contributed by atoms with Crippen molar-refractivity contribution in [2.75, 3.05) is 20.3 Å². The van der Waals surface area contributed by atoms with Crippen LogP contribution in [0.2, 0.25) is 0 Å². The number of ether oxygens (including phenoxy) is 3. The van der Waals surface area contributed by atoms with Crippen molar-refractivity contribution in [3.8, 4) is 0 Å². The maximum atomic E-state index is 14.0. The van der Waals surface area contributed by atoms with Gasteiger partial charge in [-0.25, -0.2) is 0 Å². The minimum Gasteiger partial charge on any atom is -0.498 e. The number of hydrogen-bond donors (Lipinski definition) is 0. The van der Waals surface area contributed by atoms with Crippen LogP contribution in [0.15, 0.2) is 35.3 Å². The van der Waals surface area contributed by atoms with Crippen molar-refractivity contribution in [2.24, 2.45) is 17.8 Å². The number of methoxy groups -OCH3 is 1. The highest BCUT2D eigenvalue weighted by molar-refractivity contribution is 5.29. The van der Waals surface area contributed by atoms with Gasteiger partial charge in [-0.15, -0.1) is 0 Å². The molecule has 2 fully saturated rings. The Kier molecular flexibility index (Phi) is 10.9. The smallest absolute Gasteiger partial charge is 0.199 e. The van der Waals surface area contributed by atoms with Crippen molar-refractivity contribution in [1.82, 2.24) is 0 Å². The van der Waals surface area contributed by atoms with Crippen LogP contribution in [0.5, 0.6) is 0 Å². The average molecular weight is 427 g/mol. The highest BCUT2D eigenvalue weighted by atomic mass is 19.2. The molecule has 0 spiro atoms. The molecule has 0 bridgehead atoms. The first kappa shape index (κ1) is 24.9. The normalized spacial score (nSPS) is 30.2. The Morgan fingerprint density at radius 1 is 0.967 bits per heavy atom. The second-order valence-corrected chi connectivity index (χ2v) is 8.71. The van der Waals surface area contributed by atoms with E-state index in [0.717, 1.165) is 38.7 Å². The Hall–Kier alpha value is -1.36. The molecule has 0 aromatic rings. The quantitative estimate of drug-likeness (QED) is 0.414. The molecule has 0 aromatic carbocycles. The van der Waals surface area contributed by atoms with Gasteiger partial charge in [-0.2, -0.15) is 8.78 Å². The summed E-state index contributed by atoms with van der Waals surface area (Å²) in [4.78, 5) is 0. The van der Waals surface area contributed by atoms with Gasteiger partial charge in [0.1, 0.15) is 11.5 Å². The first-order chi connectivity index (χ1) is 14.5. The summed E-state index contributed by atoms with van der Waals surface area (Å²) in [5, 5.41) is 0. The molecule has 2 aliphatic carbocycles. The molecule has 2 atom stereocenters. The molecule has 1 saturated heterocycles. The number of hydrogen-bond acceptors (Lipinski definition) is 3. The number of allylic oxidation sites excluding steroid dienone is 5. The minimum atomic E-state index is -0.909. The van der Waals surface area contributed by atoms with E-state index in [9.17, 15) is 8.78 Å². The van der Waals surface area contributed by atoms with E-state index in [1.54, 1.807) is 0 Å². The van der Waals surface area contributed by atoms with E-state index < -0.39 is 11.7 Å². The Labute approximate surface area is 181 Å². The topological polar surface area (TPSA) is 27.7 Å². The molecule has 30 heavy (non-hydrogen) atoms. The lowest BCUT2D eigenvalue weighted by Gasteiger charge is -2.37.